The maximum Gasteiger partial charge on any atom is 0.224 e. The van der Waals surface area contributed by atoms with Crippen LogP contribution >= 0.6 is 0 Å². The number of nitrogens with one attached hydrogen (secondary N) is 1. The van der Waals surface area contributed by atoms with Crippen molar-refractivity contribution in [2.24, 2.45) is 0 Å². The van der Waals surface area contributed by atoms with Crippen LogP contribution < -0.4 is 10.1 Å². The van der Waals surface area contributed by atoms with Crippen molar-refractivity contribution in [3.63, 3.8) is 0 Å². The van der Waals surface area contributed by atoms with Crippen LogP contribution in [0, 0.1) is 0 Å². The molecule has 1 rings (SSSR count). The van der Waals surface area contributed by atoms with Crippen molar-refractivity contribution in [3.05, 3.63) is 60.7 Å². The van der Waals surface area contributed by atoms with Crippen LogP contribution in [-0.4, -0.2) is 13.0 Å². The number of benzene rings is 1. The highest BCUT2D eigenvalue weighted by Gasteiger charge is 2.03. The van der Waals surface area contributed by atoms with Crippen molar-refractivity contribution >= 4 is 11.6 Å². The number of hydrogen-bond acceptors (Lipinski definition) is 2. The molecule has 106 valence electrons. The summed E-state index contributed by atoms with van der Waals surface area (Å²) in [5.74, 6) is 0.759. The SMILES string of the molecule is C=CC(=CC=CC)CCC(=O)Nc1ccc(OC)cc1. The number of anilines is 1. The summed E-state index contributed by atoms with van der Waals surface area (Å²) in [6.45, 7) is 5.70. The van der Waals surface area contributed by atoms with Crippen molar-refractivity contribution in [3.8, 4) is 5.75 Å². The highest BCUT2D eigenvalue weighted by atomic mass is 16.5. The first kappa shape index (κ1) is 15.8. The summed E-state index contributed by atoms with van der Waals surface area (Å²) in [6, 6.07) is 7.27. The second kappa shape index (κ2) is 8.75. The van der Waals surface area contributed by atoms with Crippen molar-refractivity contribution in [1.82, 2.24) is 0 Å². The van der Waals surface area contributed by atoms with Gasteiger partial charge in [-0.1, -0.05) is 30.9 Å². The van der Waals surface area contributed by atoms with E-state index in [4.69, 9.17) is 4.74 Å². The molecule has 0 aliphatic carbocycles. The molecule has 1 N–H and O–H groups in total. The zero-order valence-corrected chi connectivity index (χ0v) is 12.1. The molecular formula is C17H21NO2. The topological polar surface area (TPSA) is 38.3 Å². The van der Waals surface area contributed by atoms with E-state index in [9.17, 15) is 4.79 Å². The molecule has 0 spiro atoms. The van der Waals surface area contributed by atoms with Crippen LogP contribution in [0.25, 0.3) is 0 Å². The minimum absolute atomic E-state index is 0.0107. The lowest BCUT2D eigenvalue weighted by Gasteiger charge is -2.06. The van der Waals surface area contributed by atoms with Gasteiger partial charge in [0.2, 0.25) is 5.91 Å². The number of rotatable bonds is 7. The second-order valence-electron chi connectivity index (χ2n) is 4.25. The van der Waals surface area contributed by atoms with Gasteiger partial charge in [-0.25, -0.2) is 0 Å². The number of carbonyl (C=O) groups is 1. The molecule has 3 heteroatoms. The normalized spacial score (nSPS) is 11.4. The Labute approximate surface area is 120 Å². The fourth-order valence-corrected chi connectivity index (χ4v) is 1.63. The van der Waals surface area contributed by atoms with Gasteiger partial charge in [-0.05, 0) is 43.2 Å². The summed E-state index contributed by atoms with van der Waals surface area (Å²) in [6.07, 6.45) is 8.74. The largest absolute Gasteiger partial charge is 0.497 e. The summed E-state index contributed by atoms with van der Waals surface area (Å²) in [7, 11) is 1.61. The predicted octanol–water partition coefficient (Wildman–Crippen LogP) is 4.10. The Morgan fingerprint density at radius 1 is 1.30 bits per heavy atom. The van der Waals surface area contributed by atoms with Gasteiger partial charge >= 0.3 is 0 Å². The van der Waals surface area contributed by atoms with Gasteiger partial charge in [0.25, 0.3) is 0 Å². The van der Waals surface area contributed by atoms with E-state index in [0.717, 1.165) is 17.0 Å². The number of amides is 1. The molecule has 1 amide bonds. The quantitative estimate of drug-likeness (QED) is 0.758. The van der Waals surface area contributed by atoms with Crippen LogP contribution in [0.15, 0.2) is 60.7 Å². The Morgan fingerprint density at radius 3 is 2.55 bits per heavy atom. The van der Waals surface area contributed by atoms with E-state index in [1.54, 1.807) is 13.2 Å². The van der Waals surface area contributed by atoms with Gasteiger partial charge in [-0.3, -0.25) is 4.79 Å². The first-order chi connectivity index (χ1) is 9.69. The molecule has 0 saturated carbocycles. The van der Waals surface area contributed by atoms with Crippen LogP contribution in [0.1, 0.15) is 19.8 Å². The van der Waals surface area contributed by atoms with E-state index < -0.39 is 0 Å². The Kier molecular flexibility index (Phi) is 6.90. The molecule has 20 heavy (non-hydrogen) atoms. The summed E-state index contributed by atoms with van der Waals surface area (Å²) in [5, 5.41) is 2.85. The molecule has 3 nitrogen and oxygen atoms in total. The zero-order chi connectivity index (χ0) is 14.8. The molecule has 1 aromatic carbocycles. The molecule has 0 aromatic heterocycles. The lowest BCUT2D eigenvalue weighted by molar-refractivity contribution is -0.116. The van der Waals surface area contributed by atoms with Gasteiger partial charge in [0.1, 0.15) is 5.75 Å². The van der Waals surface area contributed by atoms with Crippen LogP contribution in [0.5, 0.6) is 5.75 Å². The third kappa shape index (κ3) is 5.57. The van der Waals surface area contributed by atoms with E-state index in [-0.39, 0.29) is 5.91 Å². The smallest absolute Gasteiger partial charge is 0.224 e. The Bertz CT molecular complexity index is 498. The summed E-state index contributed by atoms with van der Waals surface area (Å²) in [4.78, 5) is 11.8. The number of ether oxygens (including phenoxy) is 1. The number of methoxy groups -OCH3 is 1. The average Bonchev–Trinajstić information content (AvgIpc) is 2.48. The fraction of sp³-hybridized carbons (Fsp3) is 0.235. The van der Waals surface area contributed by atoms with E-state index in [0.29, 0.717) is 12.8 Å². The highest BCUT2D eigenvalue weighted by molar-refractivity contribution is 5.90. The lowest BCUT2D eigenvalue weighted by Crippen LogP contribution is -2.11. The van der Waals surface area contributed by atoms with Crippen LogP contribution in [0.2, 0.25) is 0 Å². The van der Waals surface area contributed by atoms with Gasteiger partial charge in [0.15, 0.2) is 0 Å². The van der Waals surface area contributed by atoms with Crippen molar-refractivity contribution < 1.29 is 9.53 Å². The predicted molar refractivity (Wildman–Crippen MR) is 84.0 cm³/mol. The van der Waals surface area contributed by atoms with E-state index in [1.807, 2.05) is 49.4 Å². The minimum atomic E-state index is -0.0107. The molecule has 0 aliphatic heterocycles. The Balaban J connectivity index is 2.48. The van der Waals surface area contributed by atoms with Crippen molar-refractivity contribution in [1.29, 1.82) is 0 Å². The van der Waals surface area contributed by atoms with Crippen LogP contribution in [0.3, 0.4) is 0 Å². The Morgan fingerprint density at radius 2 is 2.00 bits per heavy atom. The average molecular weight is 271 g/mol. The van der Waals surface area contributed by atoms with Crippen LogP contribution in [-0.2, 0) is 4.79 Å². The molecule has 0 heterocycles. The standard InChI is InChI=1S/C17H21NO2/c1-4-6-7-14(5-2)8-13-17(19)18-15-9-11-16(20-3)12-10-15/h4-7,9-12H,2,8,13H2,1,3H3,(H,18,19). The molecular weight excluding hydrogens is 250 g/mol. The van der Waals surface area contributed by atoms with Gasteiger partial charge in [0.05, 0.1) is 7.11 Å². The highest BCUT2D eigenvalue weighted by Crippen LogP contribution is 2.16. The summed E-state index contributed by atoms with van der Waals surface area (Å²) in [5.41, 5.74) is 1.82. The number of carbonyl (C=O) groups excluding carboxylic acids is 1. The van der Waals surface area contributed by atoms with Gasteiger partial charge in [0, 0.05) is 12.1 Å². The monoisotopic (exact) mass is 271 g/mol. The van der Waals surface area contributed by atoms with Crippen molar-refractivity contribution in [2.75, 3.05) is 12.4 Å². The number of allylic oxidation sites excluding steroid dienone is 5. The summed E-state index contributed by atoms with van der Waals surface area (Å²) < 4.78 is 5.07. The van der Waals surface area contributed by atoms with Gasteiger partial charge < -0.3 is 10.1 Å². The zero-order valence-electron chi connectivity index (χ0n) is 12.1. The van der Waals surface area contributed by atoms with Crippen molar-refractivity contribution in [2.45, 2.75) is 19.8 Å². The number of hydrogen-bond donors (Lipinski definition) is 1. The molecule has 0 fully saturated rings. The fourth-order valence-electron chi connectivity index (χ4n) is 1.63. The molecule has 0 atom stereocenters. The van der Waals surface area contributed by atoms with E-state index >= 15 is 0 Å². The maximum absolute atomic E-state index is 11.8. The van der Waals surface area contributed by atoms with E-state index in [2.05, 4.69) is 11.9 Å². The third-order valence-corrected chi connectivity index (χ3v) is 2.78. The second-order valence-corrected chi connectivity index (χ2v) is 4.25. The summed E-state index contributed by atoms with van der Waals surface area (Å²) >= 11 is 0. The van der Waals surface area contributed by atoms with Crippen LogP contribution in [0.4, 0.5) is 5.69 Å². The first-order valence-electron chi connectivity index (χ1n) is 6.57. The molecule has 0 bridgehead atoms. The lowest BCUT2D eigenvalue weighted by atomic mass is 10.1. The van der Waals surface area contributed by atoms with E-state index in [1.165, 1.54) is 0 Å². The molecule has 0 aliphatic rings. The first-order valence-corrected chi connectivity index (χ1v) is 6.57. The molecule has 0 unspecified atom stereocenters. The maximum atomic E-state index is 11.8. The van der Waals surface area contributed by atoms with Gasteiger partial charge in [-0.2, -0.15) is 0 Å². The minimum Gasteiger partial charge on any atom is -0.497 e. The van der Waals surface area contributed by atoms with Gasteiger partial charge in [-0.15, -0.1) is 0 Å². The molecule has 1 aromatic rings. The third-order valence-electron chi connectivity index (χ3n) is 2.78. The molecule has 0 saturated heterocycles. The Hall–Kier alpha value is -2.29. The molecule has 0 radical (unpaired) electrons.